The Morgan fingerprint density at radius 3 is 2.72 bits per heavy atom. The van der Waals surface area contributed by atoms with E-state index in [1.807, 2.05) is 31.2 Å². The number of aliphatic carboxylic acids is 1. The van der Waals surface area contributed by atoms with E-state index in [1.165, 1.54) is 0 Å². The molecule has 0 bridgehead atoms. The van der Waals surface area contributed by atoms with E-state index in [9.17, 15) is 23.9 Å². The third-order valence-corrected chi connectivity index (χ3v) is 5.94. The Hall–Kier alpha value is -3.57. The van der Waals surface area contributed by atoms with E-state index in [-0.39, 0.29) is 44.0 Å². The molecule has 0 saturated carbocycles. The molecule has 0 unspecified atom stereocenters. The Morgan fingerprint density at radius 1 is 1.31 bits per heavy atom. The van der Waals surface area contributed by atoms with E-state index in [2.05, 4.69) is 25.8 Å². The molecule has 4 N–H and O–H groups in total. The third kappa shape index (κ3) is 7.72. The maximum atomic E-state index is 13.3. The van der Waals surface area contributed by atoms with Crippen LogP contribution in [0.4, 0.5) is 20.6 Å². The first-order valence-corrected chi connectivity index (χ1v) is 12.2. The van der Waals surface area contributed by atoms with Crippen LogP contribution in [0.15, 0.2) is 29.3 Å². The number of carboxylic acids is 1. The van der Waals surface area contributed by atoms with Gasteiger partial charge in [0.2, 0.25) is 5.91 Å². The molecular weight excluding hydrogens is 471 g/mol. The van der Waals surface area contributed by atoms with Gasteiger partial charge >= 0.3 is 12.1 Å². The van der Waals surface area contributed by atoms with Gasteiger partial charge in [0.05, 0.1) is 19.2 Å². The number of carboxylic acid groups (broad SMARTS) is 1. The van der Waals surface area contributed by atoms with Gasteiger partial charge in [-0.05, 0) is 45.4 Å². The number of hydrogen-bond acceptors (Lipinski definition) is 8. The molecular formula is C24H35FN6O5. The van der Waals surface area contributed by atoms with Crippen LogP contribution in [-0.2, 0) is 14.3 Å². The highest BCUT2D eigenvalue weighted by atomic mass is 19.1. The highest BCUT2D eigenvalue weighted by Crippen LogP contribution is 2.24. The summed E-state index contributed by atoms with van der Waals surface area (Å²) in [4.78, 5) is 44.1. The molecule has 3 atom stereocenters. The zero-order valence-corrected chi connectivity index (χ0v) is 20.9. The lowest BCUT2D eigenvalue weighted by Crippen LogP contribution is -2.54. The topological polar surface area (TPSA) is 136 Å². The van der Waals surface area contributed by atoms with Crippen LogP contribution in [0.3, 0.4) is 0 Å². The number of amides is 2. The molecule has 2 amide bonds. The van der Waals surface area contributed by atoms with Gasteiger partial charge in [-0.2, -0.15) is 0 Å². The minimum absolute atomic E-state index is 0.000100. The number of benzene rings is 1. The van der Waals surface area contributed by atoms with Crippen molar-refractivity contribution >= 4 is 35.3 Å². The van der Waals surface area contributed by atoms with Gasteiger partial charge < -0.3 is 35.6 Å². The van der Waals surface area contributed by atoms with Crippen molar-refractivity contribution in [1.82, 2.24) is 15.5 Å². The molecule has 3 rings (SSSR count). The summed E-state index contributed by atoms with van der Waals surface area (Å²) in [5.41, 5.74) is 1.81. The standard InChI is InChI=1S/C24H35FN6O5/c1-15(2)36-24(35)29-20(22(33)34)7-8-21(32)30-9-10-31(16(3)14-30)19-6-4-5-18(11-19)28-23-26-12-17(25)13-27-23/h4-6,11,15-17,20H,7-10,12-14H2,1-3H3,(H,29,35)(H,33,34)(H2,26,27,28)/t16-,20-/m0/s1. The summed E-state index contributed by atoms with van der Waals surface area (Å²) >= 11 is 0. The number of nitrogens with zero attached hydrogens (tertiary/aromatic N) is 3. The molecule has 36 heavy (non-hydrogen) atoms. The summed E-state index contributed by atoms with van der Waals surface area (Å²) < 4.78 is 18.2. The number of nitrogens with one attached hydrogen (secondary N) is 3. The summed E-state index contributed by atoms with van der Waals surface area (Å²) in [5, 5.41) is 17.8. The van der Waals surface area contributed by atoms with Gasteiger partial charge in [-0.25, -0.2) is 19.0 Å². The van der Waals surface area contributed by atoms with Crippen molar-refractivity contribution in [3.63, 3.8) is 0 Å². The number of carbonyl (C=O) groups is 3. The lowest BCUT2D eigenvalue weighted by Gasteiger charge is -2.41. The minimum atomic E-state index is -1.21. The van der Waals surface area contributed by atoms with Crippen LogP contribution in [0.25, 0.3) is 0 Å². The first-order valence-electron chi connectivity index (χ1n) is 12.2. The predicted octanol–water partition coefficient (Wildman–Crippen LogP) is 1.80. The highest BCUT2D eigenvalue weighted by Gasteiger charge is 2.29. The number of guanidine groups is 1. The zero-order valence-electron chi connectivity index (χ0n) is 20.9. The second kappa shape index (κ2) is 12.4. The predicted molar refractivity (Wildman–Crippen MR) is 134 cm³/mol. The minimum Gasteiger partial charge on any atom is -0.480 e. The van der Waals surface area contributed by atoms with Crippen molar-refractivity contribution < 1.29 is 28.6 Å². The number of anilines is 2. The van der Waals surface area contributed by atoms with Crippen LogP contribution in [0, 0.1) is 0 Å². The number of piperazine rings is 1. The average Bonchev–Trinajstić information content (AvgIpc) is 2.82. The molecule has 0 aromatic heterocycles. The quantitative estimate of drug-likeness (QED) is 0.419. The van der Waals surface area contributed by atoms with Gasteiger partial charge in [-0.3, -0.25) is 4.79 Å². The molecule has 0 radical (unpaired) electrons. The molecule has 198 valence electrons. The fourth-order valence-electron chi connectivity index (χ4n) is 4.14. The number of rotatable bonds is 8. The summed E-state index contributed by atoms with van der Waals surface area (Å²) in [5.74, 6) is -0.833. The van der Waals surface area contributed by atoms with Gasteiger partial charge in [0.25, 0.3) is 0 Å². The van der Waals surface area contributed by atoms with Crippen LogP contribution in [0.2, 0.25) is 0 Å². The Balaban J connectivity index is 1.52. The third-order valence-electron chi connectivity index (χ3n) is 5.94. The number of carbonyl (C=O) groups excluding carboxylic acids is 2. The normalized spacial score (nSPS) is 20.8. The van der Waals surface area contributed by atoms with E-state index in [1.54, 1.807) is 18.7 Å². The average molecular weight is 507 g/mol. The van der Waals surface area contributed by atoms with Gasteiger partial charge in [-0.15, -0.1) is 0 Å². The van der Waals surface area contributed by atoms with Crippen molar-refractivity contribution in [3.8, 4) is 0 Å². The van der Waals surface area contributed by atoms with E-state index in [0.717, 1.165) is 11.4 Å². The van der Waals surface area contributed by atoms with Crippen molar-refractivity contribution in [2.75, 3.05) is 42.9 Å². The first kappa shape index (κ1) is 27.0. The number of alkyl carbamates (subject to hydrolysis) is 1. The fraction of sp³-hybridized carbons (Fsp3) is 0.583. The zero-order chi connectivity index (χ0) is 26.2. The molecule has 2 aliphatic heterocycles. The van der Waals surface area contributed by atoms with Gasteiger partial charge in [0.1, 0.15) is 12.2 Å². The van der Waals surface area contributed by atoms with Crippen LogP contribution in [-0.4, -0.2) is 91.0 Å². The smallest absolute Gasteiger partial charge is 0.408 e. The van der Waals surface area contributed by atoms with Crippen LogP contribution in [0.1, 0.15) is 33.6 Å². The Bertz CT molecular complexity index is 974. The van der Waals surface area contributed by atoms with Crippen molar-refractivity contribution in [2.24, 2.45) is 4.99 Å². The fourth-order valence-corrected chi connectivity index (χ4v) is 4.14. The lowest BCUT2D eigenvalue weighted by molar-refractivity contribution is -0.140. The lowest BCUT2D eigenvalue weighted by atomic mass is 10.1. The van der Waals surface area contributed by atoms with E-state index in [0.29, 0.717) is 25.6 Å². The summed E-state index contributed by atoms with van der Waals surface area (Å²) in [6, 6.07) is 6.64. The Kier molecular flexibility index (Phi) is 9.31. The van der Waals surface area contributed by atoms with Crippen LogP contribution < -0.4 is 20.9 Å². The number of hydrogen-bond donors (Lipinski definition) is 4. The van der Waals surface area contributed by atoms with Crippen molar-refractivity contribution in [3.05, 3.63) is 24.3 Å². The number of halogens is 1. The molecule has 1 aromatic rings. The van der Waals surface area contributed by atoms with E-state index >= 15 is 0 Å². The SMILES string of the molecule is CC(C)OC(=O)N[C@@H](CCC(=O)N1CCN(c2cccc(NC3=NC[C@@H](F)CN3)c2)[C@@H](C)C1)C(=O)O. The number of aliphatic imine (C=N–C) groups is 1. The van der Waals surface area contributed by atoms with Crippen LogP contribution >= 0.6 is 0 Å². The van der Waals surface area contributed by atoms with Crippen LogP contribution in [0.5, 0.6) is 0 Å². The maximum Gasteiger partial charge on any atom is 0.408 e. The second-order valence-corrected chi connectivity index (χ2v) is 9.25. The molecule has 12 heteroatoms. The summed E-state index contributed by atoms with van der Waals surface area (Å²) in [6.07, 6.45) is -2.20. The Morgan fingerprint density at radius 2 is 2.08 bits per heavy atom. The summed E-state index contributed by atoms with van der Waals surface area (Å²) in [6.45, 7) is 7.31. The maximum absolute atomic E-state index is 13.3. The monoisotopic (exact) mass is 506 g/mol. The van der Waals surface area contributed by atoms with Gasteiger partial charge in [0.15, 0.2) is 5.96 Å². The molecule has 0 spiro atoms. The second-order valence-electron chi connectivity index (χ2n) is 9.25. The molecule has 1 fully saturated rings. The van der Waals surface area contributed by atoms with E-state index in [4.69, 9.17) is 4.74 Å². The largest absolute Gasteiger partial charge is 0.480 e. The number of ether oxygens (including phenoxy) is 1. The molecule has 0 aliphatic carbocycles. The van der Waals surface area contributed by atoms with Crippen molar-refractivity contribution in [1.29, 1.82) is 0 Å². The Labute approximate surface area is 210 Å². The molecule has 2 aliphatic rings. The van der Waals surface area contributed by atoms with Crippen molar-refractivity contribution in [2.45, 2.75) is 58.0 Å². The summed E-state index contributed by atoms with van der Waals surface area (Å²) in [7, 11) is 0. The molecule has 2 heterocycles. The van der Waals surface area contributed by atoms with Gasteiger partial charge in [0, 0.05) is 43.5 Å². The highest BCUT2D eigenvalue weighted by molar-refractivity contribution is 5.94. The molecule has 1 saturated heterocycles. The molecule has 1 aromatic carbocycles. The van der Waals surface area contributed by atoms with E-state index < -0.39 is 24.3 Å². The molecule has 11 nitrogen and oxygen atoms in total. The number of alkyl halides is 1. The first-order chi connectivity index (χ1) is 17.1. The van der Waals surface area contributed by atoms with Gasteiger partial charge in [-0.1, -0.05) is 6.07 Å².